The summed E-state index contributed by atoms with van der Waals surface area (Å²) in [5, 5.41) is 0. The zero-order valence-corrected chi connectivity index (χ0v) is 20.5. The van der Waals surface area contributed by atoms with E-state index in [0.717, 1.165) is 9.97 Å². The molecule has 1 aliphatic rings. The van der Waals surface area contributed by atoms with Crippen molar-refractivity contribution in [2.75, 3.05) is 6.61 Å². The maximum absolute atomic E-state index is 5.62. The Balaban J connectivity index is 0.000000202. The fourth-order valence-electron chi connectivity index (χ4n) is 2.98. The summed E-state index contributed by atoms with van der Waals surface area (Å²) < 4.78 is 6.47. The number of hydrogen-bond acceptors (Lipinski definition) is 1. The van der Waals surface area contributed by atoms with Gasteiger partial charge in [-0.3, -0.25) is 0 Å². The number of hydrogen-bond donors (Lipinski definition) is 0. The molecule has 3 heteroatoms. The average molecular weight is 424 g/mol. The summed E-state index contributed by atoms with van der Waals surface area (Å²) in [7, 11) is 0. The summed E-state index contributed by atoms with van der Waals surface area (Å²) in [4.78, 5) is 0. The summed E-state index contributed by atoms with van der Waals surface area (Å²) in [6.07, 6.45) is 8.97. The van der Waals surface area contributed by atoms with Crippen molar-refractivity contribution < 1.29 is 23.1 Å². The third kappa shape index (κ3) is 7.79. The predicted molar refractivity (Wildman–Crippen MR) is 122 cm³/mol. The van der Waals surface area contributed by atoms with Gasteiger partial charge < -0.3 is 4.74 Å². The quantitative estimate of drug-likeness (QED) is 0.366. The van der Waals surface area contributed by atoms with Crippen LogP contribution >= 0.6 is 0 Å². The van der Waals surface area contributed by atoms with Crippen molar-refractivity contribution in [2.24, 2.45) is 0 Å². The van der Waals surface area contributed by atoms with Gasteiger partial charge in [0.2, 0.25) is 0 Å². The molecule has 1 unspecified atom stereocenters. The van der Waals surface area contributed by atoms with Crippen LogP contribution in [0.3, 0.4) is 0 Å². The van der Waals surface area contributed by atoms with Gasteiger partial charge >= 0.3 is 89.9 Å². The number of benzene rings is 2. The zero-order chi connectivity index (χ0) is 20.4. The number of fused-ring (bicyclic) bond motifs is 1. The molecule has 0 bridgehead atoms. The number of allylic oxidation sites excluding steroid dienone is 4. The normalized spacial score (nSPS) is 15.7. The first kappa shape index (κ1) is 22.7. The van der Waals surface area contributed by atoms with Crippen LogP contribution in [-0.4, -0.2) is 13.3 Å². The number of rotatable bonds is 6. The van der Waals surface area contributed by atoms with E-state index in [1.165, 1.54) is 16.7 Å². The van der Waals surface area contributed by atoms with Gasteiger partial charge in [-0.15, -0.1) is 0 Å². The summed E-state index contributed by atoms with van der Waals surface area (Å²) in [6.45, 7) is 11.5. The Hall–Kier alpha value is -1.61. The molecule has 28 heavy (non-hydrogen) atoms. The molecule has 0 saturated carbocycles. The zero-order valence-electron chi connectivity index (χ0n) is 17.8. The first-order valence-corrected chi connectivity index (χ1v) is 16.5. The van der Waals surface area contributed by atoms with Gasteiger partial charge in [0, 0.05) is 0 Å². The van der Waals surface area contributed by atoms with E-state index in [1.54, 1.807) is 5.56 Å². The number of para-hydroxylation sites is 1. The van der Waals surface area contributed by atoms with Crippen LogP contribution < -0.4 is 4.74 Å². The fraction of sp³-hybridized carbons (Fsp3) is 0.280. The molecule has 1 aliphatic carbocycles. The van der Waals surface area contributed by atoms with Crippen molar-refractivity contribution in [3.05, 3.63) is 95.1 Å². The van der Waals surface area contributed by atoms with Crippen molar-refractivity contribution in [1.82, 2.24) is 0 Å². The SMILES string of the molecule is CC=C(C)C=C(C)COc1ccccc1.C[SiH](C)[Ti][CH]1C=Cc2ccccc21. The molecular formula is C25H32OSiTi. The van der Waals surface area contributed by atoms with Crippen molar-refractivity contribution >= 4 is 12.7 Å². The van der Waals surface area contributed by atoms with Crippen molar-refractivity contribution in [2.45, 2.75) is 38.1 Å². The van der Waals surface area contributed by atoms with Crippen LogP contribution in [0.1, 0.15) is 36.1 Å². The Kier molecular flexibility index (Phi) is 9.77. The minimum absolute atomic E-state index is 0.290. The summed E-state index contributed by atoms with van der Waals surface area (Å²) in [5.41, 5.74) is 5.56. The van der Waals surface area contributed by atoms with Crippen LogP contribution in [0.2, 0.25) is 13.1 Å². The molecule has 146 valence electrons. The first-order chi connectivity index (χ1) is 13.5. The third-order valence-electron chi connectivity index (χ3n) is 4.45. The second-order valence-corrected chi connectivity index (χ2v) is 18.0. The van der Waals surface area contributed by atoms with Gasteiger partial charge in [-0.2, -0.15) is 0 Å². The predicted octanol–water partition coefficient (Wildman–Crippen LogP) is 6.80. The molecule has 0 saturated heterocycles. The molecule has 0 radical (unpaired) electrons. The first-order valence-electron chi connectivity index (χ1n) is 10.0. The van der Waals surface area contributed by atoms with Crippen LogP contribution in [0.15, 0.2) is 84.0 Å². The molecule has 0 amide bonds. The van der Waals surface area contributed by atoms with E-state index >= 15 is 0 Å². The average Bonchev–Trinajstić information content (AvgIpc) is 3.10. The Bertz CT molecular complexity index is 821. The molecule has 0 aliphatic heterocycles. The standard InChI is InChI=1S/C14H18O.C9H7.C2H7Si.Ti/c1-4-12(2)10-13(3)11-15-14-8-6-5-7-9-14;1-2-5-9-7-3-6-8(9)4-1;1-3-2;/h4-10H,11H2,1-3H3;1-7H;3H,1-2H3;. The fourth-order valence-corrected chi connectivity index (χ4v) is 9.28. The second-order valence-electron chi connectivity index (χ2n) is 7.41. The van der Waals surface area contributed by atoms with Gasteiger partial charge in [0.25, 0.3) is 0 Å². The molecule has 3 rings (SSSR count). The van der Waals surface area contributed by atoms with E-state index < -0.39 is 0 Å². The topological polar surface area (TPSA) is 9.23 Å². The molecule has 2 aromatic rings. The molecule has 0 heterocycles. The molecule has 0 spiro atoms. The van der Waals surface area contributed by atoms with E-state index in [-0.39, 0.29) is 6.66 Å². The van der Waals surface area contributed by atoms with Crippen LogP contribution in [0.25, 0.3) is 6.08 Å². The van der Waals surface area contributed by atoms with E-state index in [0.29, 0.717) is 25.0 Å². The second kappa shape index (κ2) is 12.1. The summed E-state index contributed by atoms with van der Waals surface area (Å²) in [5.74, 6) is 0.920. The summed E-state index contributed by atoms with van der Waals surface area (Å²) in [6, 6.07) is 18.7. The molecule has 2 aromatic carbocycles. The number of ether oxygens (including phenoxy) is 1. The monoisotopic (exact) mass is 424 g/mol. The van der Waals surface area contributed by atoms with Crippen LogP contribution in [0, 0.1) is 0 Å². The van der Waals surface area contributed by atoms with E-state index in [9.17, 15) is 0 Å². The molecular weight excluding hydrogens is 392 g/mol. The Morgan fingerprint density at radius 2 is 1.71 bits per heavy atom. The van der Waals surface area contributed by atoms with Crippen LogP contribution in [0.4, 0.5) is 0 Å². The van der Waals surface area contributed by atoms with Gasteiger partial charge in [-0.25, -0.2) is 0 Å². The van der Waals surface area contributed by atoms with Gasteiger partial charge in [-0.05, 0) is 38.5 Å². The Labute approximate surface area is 180 Å². The molecule has 0 N–H and O–H groups in total. The molecule has 0 aromatic heterocycles. The van der Waals surface area contributed by atoms with E-state index in [2.05, 4.69) is 75.5 Å². The minimum atomic E-state index is -0.309. The van der Waals surface area contributed by atoms with Gasteiger partial charge in [0.05, 0.1) is 0 Å². The molecule has 1 atom stereocenters. The third-order valence-corrected chi connectivity index (χ3v) is 11.1. The maximum atomic E-state index is 5.62. The van der Waals surface area contributed by atoms with Crippen molar-refractivity contribution in [1.29, 1.82) is 0 Å². The van der Waals surface area contributed by atoms with E-state index in [4.69, 9.17) is 4.74 Å². The van der Waals surface area contributed by atoms with Gasteiger partial charge in [0.1, 0.15) is 12.4 Å². The van der Waals surface area contributed by atoms with Crippen molar-refractivity contribution in [3.63, 3.8) is 0 Å². The Morgan fingerprint density at radius 3 is 2.39 bits per heavy atom. The van der Waals surface area contributed by atoms with Crippen LogP contribution in [-0.2, 0) is 18.4 Å². The molecule has 1 nitrogen and oxygen atoms in total. The van der Waals surface area contributed by atoms with Crippen molar-refractivity contribution in [3.8, 4) is 5.75 Å². The van der Waals surface area contributed by atoms with Gasteiger partial charge in [-0.1, -0.05) is 35.9 Å². The van der Waals surface area contributed by atoms with Crippen LogP contribution in [0.5, 0.6) is 5.75 Å². The Morgan fingerprint density at radius 1 is 1.04 bits per heavy atom. The molecule has 0 fully saturated rings. The summed E-state index contributed by atoms with van der Waals surface area (Å²) >= 11 is 0.290. The van der Waals surface area contributed by atoms with E-state index in [1.807, 2.05) is 37.3 Å². The van der Waals surface area contributed by atoms with Gasteiger partial charge in [0.15, 0.2) is 0 Å².